The van der Waals surface area contributed by atoms with Crippen LogP contribution in [0.5, 0.6) is 0 Å². The summed E-state index contributed by atoms with van der Waals surface area (Å²) in [6.07, 6.45) is 2.23. The lowest BCUT2D eigenvalue weighted by Gasteiger charge is -2.17. The predicted octanol–water partition coefficient (Wildman–Crippen LogP) is 3.41. The number of rotatable bonds is 4. The molecule has 1 aliphatic carbocycles. The van der Waals surface area contributed by atoms with Gasteiger partial charge < -0.3 is 9.88 Å². The molecule has 0 aromatic carbocycles. The average Bonchev–Trinajstić information content (AvgIpc) is 2.68. The molecule has 0 saturated heterocycles. The highest BCUT2D eigenvalue weighted by atomic mass is 15.1. The smallest absolute Gasteiger partial charge is 0.109 e. The van der Waals surface area contributed by atoms with E-state index in [9.17, 15) is 0 Å². The Labute approximate surface area is 129 Å². The summed E-state index contributed by atoms with van der Waals surface area (Å²) in [5.41, 5.74) is 3.70. The van der Waals surface area contributed by atoms with Gasteiger partial charge in [0, 0.05) is 38.2 Å². The third kappa shape index (κ3) is 2.34. The molecule has 21 heavy (non-hydrogen) atoms. The molecule has 118 valence electrons. The lowest BCUT2D eigenvalue weighted by atomic mass is 10.0. The Bertz CT molecular complexity index is 523. The summed E-state index contributed by atoms with van der Waals surface area (Å²) < 4.78 is 2.58. The fraction of sp³-hybridized carbons (Fsp3) is 0.833. The van der Waals surface area contributed by atoms with Crippen molar-refractivity contribution in [2.75, 3.05) is 6.54 Å². The molecule has 1 aromatic heterocycles. The summed E-state index contributed by atoms with van der Waals surface area (Å²) in [6, 6.07) is 0. The van der Waals surface area contributed by atoms with Gasteiger partial charge in [-0.3, -0.25) is 0 Å². The average molecular weight is 289 g/mol. The molecular formula is C18H31N3. The first-order chi connectivity index (χ1) is 9.75. The Morgan fingerprint density at radius 3 is 2.48 bits per heavy atom. The molecule has 1 fully saturated rings. The molecule has 1 saturated carbocycles. The van der Waals surface area contributed by atoms with Crippen LogP contribution in [0.15, 0.2) is 0 Å². The maximum absolute atomic E-state index is 4.97. The Balaban J connectivity index is 1.91. The molecule has 1 aliphatic heterocycles. The number of fused-ring (bicyclic) bond motifs is 1. The van der Waals surface area contributed by atoms with Crippen LogP contribution >= 0.6 is 0 Å². The van der Waals surface area contributed by atoms with Gasteiger partial charge in [0.15, 0.2) is 0 Å². The number of hydrogen-bond acceptors (Lipinski definition) is 2. The summed E-state index contributed by atoms with van der Waals surface area (Å²) >= 11 is 0. The normalized spacial score (nSPS) is 23.4. The zero-order valence-electron chi connectivity index (χ0n) is 14.6. The fourth-order valence-corrected chi connectivity index (χ4v) is 4.14. The molecule has 2 aliphatic rings. The maximum atomic E-state index is 4.97. The zero-order chi connectivity index (χ0) is 15.4. The SMILES string of the molecule is CC(C)Cc1nc2c(n1CC1C(C)(C)C1(C)C)CCNC2. The van der Waals surface area contributed by atoms with Crippen LogP contribution in [0.2, 0.25) is 0 Å². The second-order valence-electron chi connectivity index (χ2n) is 8.55. The topological polar surface area (TPSA) is 29.9 Å². The van der Waals surface area contributed by atoms with E-state index in [1.54, 1.807) is 0 Å². The van der Waals surface area contributed by atoms with Crippen molar-refractivity contribution in [1.82, 2.24) is 14.9 Å². The highest BCUT2D eigenvalue weighted by Gasteiger charge is 2.64. The minimum atomic E-state index is 0.451. The van der Waals surface area contributed by atoms with Crippen molar-refractivity contribution in [3.05, 3.63) is 17.2 Å². The molecule has 0 amide bonds. The van der Waals surface area contributed by atoms with E-state index in [4.69, 9.17) is 4.98 Å². The lowest BCUT2D eigenvalue weighted by molar-refractivity contribution is 0.457. The van der Waals surface area contributed by atoms with E-state index in [2.05, 4.69) is 51.4 Å². The third-order valence-electron chi connectivity index (χ3n) is 6.34. The highest BCUT2D eigenvalue weighted by Crippen LogP contribution is 2.69. The van der Waals surface area contributed by atoms with Crippen molar-refractivity contribution >= 4 is 0 Å². The zero-order valence-corrected chi connectivity index (χ0v) is 14.6. The molecule has 0 unspecified atom stereocenters. The van der Waals surface area contributed by atoms with E-state index < -0.39 is 0 Å². The van der Waals surface area contributed by atoms with Crippen LogP contribution in [0, 0.1) is 22.7 Å². The molecule has 0 bridgehead atoms. The van der Waals surface area contributed by atoms with E-state index >= 15 is 0 Å². The first-order valence-electron chi connectivity index (χ1n) is 8.53. The summed E-state index contributed by atoms with van der Waals surface area (Å²) in [6.45, 7) is 17.5. The summed E-state index contributed by atoms with van der Waals surface area (Å²) in [5.74, 6) is 2.75. The Morgan fingerprint density at radius 1 is 1.24 bits per heavy atom. The Morgan fingerprint density at radius 2 is 1.90 bits per heavy atom. The summed E-state index contributed by atoms with van der Waals surface area (Å²) in [7, 11) is 0. The second kappa shape index (κ2) is 4.84. The molecule has 0 atom stereocenters. The van der Waals surface area contributed by atoms with Crippen LogP contribution in [0.3, 0.4) is 0 Å². The van der Waals surface area contributed by atoms with Crippen LogP contribution in [0.4, 0.5) is 0 Å². The molecule has 1 aromatic rings. The summed E-state index contributed by atoms with van der Waals surface area (Å²) in [5, 5.41) is 3.46. The van der Waals surface area contributed by atoms with Crippen molar-refractivity contribution in [2.45, 2.75) is 67.5 Å². The quantitative estimate of drug-likeness (QED) is 0.920. The van der Waals surface area contributed by atoms with Crippen molar-refractivity contribution in [3.63, 3.8) is 0 Å². The molecular weight excluding hydrogens is 258 g/mol. The van der Waals surface area contributed by atoms with E-state index in [0.717, 1.165) is 38.4 Å². The van der Waals surface area contributed by atoms with Crippen molar-refractivity contribution < 1.29 is 0 Å². The number of nitrogens with zero attached hydrogens (tertiary/aromatic N) is 2. The Kier molecular flexibility index (Phi) is 3.47. The first-order valence-corrected chi connectivity index (χ1v) is 8.53. The van der Waals surface area contributed by atoms with Crippen LogP contribution < -0.4 is 5.32 Å². The van der Waals surface area contributed by atoms with Crippen LogP contribution in [0.25, 0.3) is 0 Å². The molecule has 1 N–H and O–H groups in total. The summed E-state index contributed by atoms with van der Waals surface area (Å²) in [4.78, 5) is 4.97. The molecule has 2 heterocycles. The minimum Gasteiger partial charge on any atom is -0.331 e. The molecule has 3 nitrogen and oxygen atoms in total. The van der Waals surface area contributed by atoms with Gasteiger partial charge in [-0.1, -0.05) is 41.5 Å². The first kappa shape index (κ1) is 15.1. The van der Waals surface area contributed by atoms with Crippen molar-refractivity contribution in [2.24, 2.45) is 22.7 Å². The van der Waals surface area contributed by atoms with Gasteiger partial charge in [-0.05, 0) is 22.7 Å². The monoisotopic (exact) mass is 289 g/mol. The van der Waals surface area contributed by atoms with Gasteiger partial charge in [0.25, 0.3) is 0 Å². The van der Waals surface area contributed by atoms with E-state index in [1.165, 1.54) is 17.2 Å². The van der Waals surface area contributed by atoms with Crippen molar-refractivity contribution in [3.8, 4) is 0 Å². The predicted molar refractivity (Wildman–Crippen MR) is 87.2 cm³/mol. The molecule has 3 heteroatoms. The van der Waals surface area contributed by atoms with Gasteiger partial charge in [0.2, 0.25) is 0 Å². The van der Waals surface area contributed by atoms with Crippen molar-refractivity contribution in [1.29, 1.82) is 0 Å². The molecule has 0 spiro atoms. The standard InChI is InChI=1S/C18H31N3/c1-12(2)9-16-20-13-10-19-8-7-14(13)21(16)11-15-17(3,4)18(15,5)6/h12,15,19H,7-11H2,1-6H3. The number of imidazole rings is 1. The van der Waals surface area contributed by atoms with E-state index in [0.29, 0.717) is 16.7 Å². The highest BCUT2D eigenvalue weighted by molar-refractivity contribution is 5.22. The van der Waals surface area contributed by atoms with Crippen LogP contribution in [0.1, 0.15) is 58.8 Å². The van der Waals surface area contributed by atoms with Gasteiger partial charge in [-0.25, -0.2) is 4.98 Å². The van der Waals surface area contributed by atoms with E-state index in [1.807, 2.05) is 0 Å². The Hall–Kier alpha value is -0.830. The minimum absolute atomic E-state index is 0.451. The number of hydrogen-bond donors (Lipinski definition) is 1. The van der Waals surface area contributed by atoms with Crippen LogP contribution in [-0.4, -0.2) is 16.1 Å². The van der Waals surface area contributed by atoms with Gasteiger partial charge in [0.05, 0.1) is 5.69 Å². The van der Waals surface area contributed by atoms with Gasteiger partial charge >= 0.3 is 0 Å². The maximum Gasteiger partial charge on any atom is 0.109 e. The fourth-order valence-electron chi connectivity index (χ4n) is 4.14. The van der Waals surface area contributed by atoms with E-state index in [-0.39, 0.29) is 0 Å². The molecule has 3 rings (SSSR count). The van der Waals surface area contributed by atoms with Gasteiger partial charge in [0.1, 0.15) is 5.82 Å². The lowest BCUT2D eigenvalue weighted by Crippen LogP contribution is -2.25. The molecule has 0 radical (unpaired) electrons. The number of aromatic nitrogens is 2. The number of nitrogens with one attached hydrogen (secondary N) is 1. The third-order valence-corrected chi connectivity index (χ3v) is 6.34. The second-order valence-corrected chi connectivity index (χ2v) is 8.55. The van der Waals surface area contributed by atoms with Crippen LogP contribution in [-0.2, 0) is 25.9 Å². The van der Waals surface area contributed by atoms with Gasteiger partial charge in [-0.2, -0.15) is 0 Å². The van der Waals surface area contributed by atoms with Gasteiger partial charge in [-0.15, -0.1) is 0 Å². The largest absolute Gasteiger partial charge is 0.331 e.